The van der Waals surface area contributed by atoms with Crippen LogP contribution in [0.15, 0.2) is 17.5 Å². The molecule has 38 heavy (non-hydrogen) atoms. The Morgan fingerprint density at radius 1 is 1.00 bits per heavy atom. The molecule has 1 aromatic rings. The van der Waals surface area contributed by atoms with Gasteiger partial charge in [-0.2, -0.15) is 0 Å². The van der Waals surface area contributed by atoms with Crippen molar-refractivity contribution in [2.75, 3.05) is 6.54 Å². The van der Waals surface area contributed by atoms with Crippen molar-refractivity contribution >= 4 is 35.6 Å². The highest BCUT2D eigenvalue weighted by Gasteiger charge is 2.31. The van der Waals surface area contributed by atoms with Gasteiger partial charge in [0.25, 0.3) is 0 Å². The number of carboxylic acid groups (broad SMARTS) is 1. The highest BCUT2D eigenvalue weighted by molar-refractivity contribution is 5.96. The quantitative estimate of drug-likeness (QED) is 0.0543. The lowest BCUT2D eigenvalue weighted by atomic mass is 10.0. The molecule has 0 saturated heterocycles. The fourth-order valence-corrected chi connectivity index (χ4v) is 3.44. The number of imidazole rings is 1. The van der Waals surface area contributed by atoms with Gasteiger partial charge in [-0.15, -0.1) is 0 Å². The maximum atomic E-state index is 13.0. The lowest BCUT2D eigenvalue weighted by molar-refractivity contribution is -0.142. The summed E-state index contributed by atoms with van der Waals surface area (Å²) >= 11 is 0. The number of hydrogen-bond acceptors (Lipinski definition) is 8. The summed E-state index contributed by atoms with van der Waals surface area (Å²) in [5.74, 6) is -4.60. The fraction of sp³-hybridized carbons (Fsp3) is 0.591. The van der Waals surface area contributed by atoms with Crippen molar-refractivity contribution in [1.82, 2.24) is 25.9 Å². The molecule has 0 spiro atoms. The fourth-order valence-electron chi connectivity index (χ4n) is 3.44. The van der Waals surface area contributed by atoms with E-state index < -0.39 is 60.2 Å². The van der Waals surface area contributed by atoms with E-state index in [0.717, 1.165) is 0 Å². The molecule has 16 heteroatoms. The van der Waals surface area contributed by atoms with Crippen molar-refractivity contribution in [2.45, 2.75) is 70.1 Å². The first kappa shape index (κ1) is 31.8. The van der Waals surface area contributed by atoms with Crippen molar-refractivity contribution in [3.63, 3.8) is 0 Å². The normalized spacial score (nSPS) is 14.0. The van der Waals surface area contributed by atoms with Gasteiger partial charge in [-0.05, 0) is 25.2 Å². The lowest BCUT2D eigenvalue weighted by Crippen LogP contribution is -2.58. The van der Waals surface area contributed by atoms with E-state index in [-0.39, 0.29) is 37.7 Å². The zero-order chi connectivity index (χ0) is 28.8. The number of carboxylic acids is 1. The zero-order valence-corrected chi connectivity index (χ0v) is 21.5. The molecule has 1 rings (SSSR count). The minimum atomic E-state index is -1.41. The van der Waals surface area contributed by atoms with E-state index in [2.05, 4.69) is 30.9 Å². The van der Waals surface area contributed by atoms with Crippen LogP contribution in [0.2, 0.25) is 0 Å². The van der Waals surface area contributed by atoms with Crippen LogP contribution < -0.4 is 38.9 Å². The van der Waals surface area contributed by atoms with Gasteiger partial charge >= 0.3 is 5.97 Å². The summed E-state index contributed by atoms with van der Waals surface area (Å²) in [5.41, 5.74) is 22.2. The predicted molar refractivity (Wildman–Crippen MR) is 137 cm³/mol. The number of carbonyl (C=O) groups excluding carboxylic acids is 4. The average Bonchev–Trinajstić information content (AvgIpc) is 3.32. The Morgan fingerprint density at radius 2 is 1.61 bits per heavy atom. The third-order valence-electron chi connectivity index (χ3n) is 5.27. The molecule has 0 aromatic carbocycles. The number of nitrogens with one attached hydrogen (secondary N) is 4. The number of aliphatic imine (C=N–C) groups is 1. The van der Waals surface area contributed by atoms with Gasteiger partial charge in [-0.3, -0.25) is 24.2 Å². The Labute approximate surface area is 219 Å². The number of nitrogens with two attached hydrogens (primary N) is 4. The van der Waals surface area contributed by atoms with Crippen molar-refractivity contribution < 1.29 is 29.1 Å². The van der Waals surface area contributed by atoms with Gasteiger partial charge in [-0.25, -0.2) is 9.78 Å². The van der Waals surface area contributed by atoms with Crippen LogP contribution in [0.1, 0.15) is 45.2 Å². The van der Waals surface area contributed by atoms with E-state index in [1.807, 2.05) is 13.8 Å². The third kappa shape index (κ3) is 12.2. The topological polar surface area (TPSA) is 287 Å². The van der Waals surface area contributed by atoms with Gasteiger partial charge < -0.3 is 49.0 Å². The van der Waals surface area contributed by atoms with Crippen LogP contribution in [0, 0.1) is 5.92 Å². The molecule has 0 fully saturated rings. The summed E-state index contributed by atoms with van der Waals surface area (Å²) in [6.07, 6.45) is 2.71. The summed E-state index contributed by atoms with van der Waals surface area (Å²) in [6.45, 7) is 3.86. The van der Waals surface area contributed by atoms with Gasteiger partial charge in [0.2, 0.25) is 23.6 Å². The van der Waals surface area contributed by atoms with E-state index in [0.29, 0.717) is 12.1 Å². The Morgan fingerprint density at radius 3 is 2.13 bits per heavy atom. The SMILES string of the molecule is CC(C)CC(N)C(=O)NC(CC(N)=O)C(=O)NC(CCCN=C(N)N)C(=O)NC(Cc1cnc[nH]1)C(=O)O. The molecule has 13 N–H and O–H groups in total. The van der Waals surface area contributed by atoms with Crippen LogP contribution in [0.4, 0.5) is 0 Å². The molecule has 4 atom stereocenters. The number of primary amides is 1. The van der Waals surface area contributed by atoms with Crippen molar-refractivity contribution in [1.29, 1.82) is 0 Å². The summed E-state index contributed by atoms with van der Waals surface area (Å²) < 4.78 is 0. The highest BCUT2D eigenvalue weighted by atomic mass is 16.4. The molecular weight excluding hydrogens is 500 g/mol. The van der Waals surface area contributed by atoms with Crippen LogP contribution in [0.3, 0.4) is 0 Å². The van der Waals surface area contributed by atoms with E-state index >= 15 is 0 Å². The first-order valence-corrected chi connectivity index (χ1v) is 12.0. The molecule has 1 heterocycles. The Balaban J connectivity index is 3.05. The first-order valence-electron chi connectivity index (χ1n) is 12.0. The monoisotopic (exact) mass is 538 g/mol. The van der Waals surface area contributed by atoms with E-state index in [1.165, 1.54) is 12.5 Å². The molecule has 4 amide bonds. The zero-order valence-electron chi connectivity index (χ0n) is 21.5. The number of amides is 4. The second-order valence-corrected chi connectivity index (χ2v) is 9.16. The summed E-state index contributed by atoms with van der Waals surface area (Å²) in [5, 5.41) is 16.8. The lowest BCUT2D eigenvalue weighted by Gasteiger charge is -2.25. The maximum absolute atomic E-state index is 13.0. The van der Waals surface area contributed by atoms with E-state index in [9.17, 15) is 29.1 Å². The Bertz CT molecular complexity index is 977. The smallest absolute Gasteiger partial charge is 0.326 e. The minimum absolute atomic E-state index is 0.00878. The van der Waals surface area contributed by atoms with Gasteiger partial charge in [0.1, 0.15) is 18.1 Å². The number of H-pyrrole nitrogens is 1. The van der Waals surface area contributed by atoms with Crippen molar-refractivity contribution in [3.8, 4) is 0 Å². The number of carbonyl (C=O) groups is 5. The molecule has 0 aliphatic rings. The molecule has 0 bridgehead atoms. The predicted octanol–water partition coefficient (Wildman–Crippen LogP) is -3.21. The van der Waals surface area contributed by atoms with Crippen LogP contribution in [-0.2, 0) is 30.4 Å². The van der Waals surface area contributed by atoms with E-state index in [1.54, 1.807) is 0 Å². The third-order valence-corrected chi connectivity index (χ3v) is 5.27. The molecule has 4 unspecified atom stereocenters. The molecule has 1 aromatic heterocycles. The summed E-state index contributed by atoms with van der Waals surface area (Å²) in [7, 11) is 0. The number of hydrogen-bond donors (Lipinski definition) is 9. The standard InChI is InChI=1S/C22H38N10O6/c1-11(2)6-13(23)18(34)31-15(8-17(24)33)20(36)30-14(4-3-5-28-22(25)26)19(35)32-16(21(37)38)7-12-9-27-10-29-12/h9-11,13-16H,3-8,23H2,1-2H3,(H2,24,33)(H,27,29)(H,30,36)(H,31,34)(H,32,35)(H,37,38)(H4,25,26,28). The van der Waals surface area contributed by atoms with Crippen LogP contribution >= 0.6 is 0 Å². The molecule has 16 nitrogen and oxygen atoms in total. The van der Waals surface area contributed by atoms with Gasteiger partial charge in [0.15, 0.2) is 5.96 Å². The number of nitrogens with zero attached hydrogens (tertiary/aromatic N) is 2. The molecule has 0 saturated carbocycles. The number of rotatable bonds is 17. The van der Waals surface area contributed by atoms with Crippen LogP contribution in [0.5, 0.6) is 0 Å². The Kier molecular flexibility index (Phi) is 13.2. The summed E-state index contributed by atoms with van der Waals surface area (Å²) in [4.78, 5) is 72.3. The minimum Gasteiger partial charge on any atom is -0.480 e. The maximum Gasteiger partial charge on any atom is 0.326 e. The van der Waals surface area contributed by atoms with Gasteiger partial charge in [-0.1, -0.05) is 13.8 Å². The first-order chi connectivity index (χ1) is 17.8. The number of guanidine groups is 1. The van der Waals surface area contributed by atoms with Crippen molar-refractivity contribution in [3.05, 3.63) is 18.2 Å². The molecule has 212 valence electrons. The van der Waals surface area contributed by atoms with Crippen LogP contribution in [0.25, 0.3) is 0 Å². The number of aromatic nitrogens is 2. The second-order valence-electron chi connectivity index (χ2n) is 9.16. The van der Waals surface area contributed by atoms with Gasteiger partial charge in [0.05, 0.1) is 18.8 Å². The largest absolute Gasteiger partial charge is 0.480 e. The number of aliphatic carboxylic acids is 1. The summed E-state index contributed by atoms with van der Waals surface area (Å²) in [6, 6.07) is -4.94. The molecule has 0 radical (unpaired) electrons. The van der Waals surface area contributed by atoms with Crippen LogP contribution in [-0.4, -0.2) is 81.3 Å². The molecule has 0 aliphatic heterocycles. The number of aromatic amines is 1. The molecular formula is C22H38N10O6. The molecule has 0 aliphatic carbocycles. The van der Waals surface area contributed by atoms with E-state index in [4.69, 9.17) is 22.9 Å². The Hall–Kier alpha value is -4.21. The average molecular weight is 539 g/mol. The second kappa shape index (κ2) is 15.8. The van der Waals surface area contributed by atoms with Crippen molar-refractivity contribution in [2.24, 2.45) is 33.8 Å². The van der Waals surface area contributed by atoms with Gasteiger partial charge in [0, 0.05) is 24.9 Å². The highest BCUT2D eigenvalue weighted by Crippen LogP contribution is 2.06.